The van der Waals surface area contributed by atoms with Crippen molar-refractivity contribution in [2.75, 3.05) is 0 Å². The van der Waals surface area contributed by atoms with Gasteiger partial charge in [-0.25, -0.2) is 18.0 Å². The molecule has 0 N–H and O–H groups in total. The second-order valence-electron chi connectivity index (χ2n) is 3.96. The predicted octanol–water partition coefficient (Wildman–Crippen LogP) is 2.08. The molecule has 96 valence electrons. The van der Waals surface area contributed by atoms with Crippen molar-refractivity contribution in [2.45, 2.75) is 4.90 Å². The maximum Gasteiger partial charge on any atom is 0.348 e. The first-order valence-electron chi connectivity index (χ1n) is 5.16. The summed E-state index contributed by atoms with van der Waals surface area (Å²) in [7, 11) is 1.15. The van der Waals surface area contributed by atoms with Crippen LogP contribution in [-0.4, -0.2) is 20.4 Å². The van der Waals surface area contributed by atoms with Crippen molar-refractivity contribution in [3.63, 3.8) is 0 Å². The summed E-state index contributed by atoms with van der Waals surface area (Å²) >= 11 is 0. The Morgan fingerprint density at radius 1 is 1.00 bits per heavy atom. The highest BCUT2D eigenvalue weighted by Crippen LogP contribution is 2.35. The Labute approximate surface area is 112 Å². The minimum atomic E-state index is -4.16. The van der Waals surface area contributed by atoms with E-state index in [1.807, 2.05) is 0 Å². The van der Waals surface area contributed by atoms with E-state index >= 15 is 0 Å². The number of benzene rings is 2. The Bertz CT molecular complexity index is 854. The first-order chi connectivity index (χ1) is 8.89. The lowest BCUT2D eigenvalue weighted by Crippen LogP contribution is -2.03. The molecule has 1 aliphatic heterocycles. The van der Waals surface area contributed by atoms with Gasteiger partial charge >= 0.3 is 11.9 Å². The molecule has 0 atom stereocenters. The molecule has 2 aromatic rings. The molecule has 0 bridgehead atoms. The summed E-state index contributed by atoms with van der Waals surface area (Å²) in [5, 5.41) is 0.949. The second-order valence-corrected chi connectivity index (χ2v) is 6.50. The van der Waals surface area contributed by atoms with Crippen molar-refractivity contribution >= 4 is 42.4 Å². The number of rotatable bonds is 1. The van der Waals surface area contributed by atoms with Gasteiger partial charge in [-0.3, -0.25) is 0 Å². The number of hydrogen-bond donors (Lipinski definition) is 0. The largest absolute Gasteiger partial charge is 0.386 e. The molecular weight excluding hydrogens is 292 g/mol. The quantitative estimate of drug-likeness (QED) is 0.457. The van der Waals surface area contributed by atoms with Gasteiger partial charge < -0.3 is 4.74 Å². The fraction of sp³-hybridized carbons (Fsp3) is 0. The molecule has 0 unspecified atom stereocenters. The van der Waals surface area contributed by atoms with E-state index in [0.717, 1.165) is 0 Å². The number of carbonyl (C=O) groups is 2. The van der Waals surface area contributed by atoms with Crippen molar-refractivity contribution in [1.82, 2.24) is 0 Å². The van der Waals surface area contributed by atoms with Crippen molar-refractivity contribution < 1.29 is 22.7 Å². The molecule has 0 amide bonds. The van der Waals surface area contributed by atoms with Gasteiger partial charge in [-0.2, -0.15) is 0 Å². The highest BCUT2D eigenvalue weighted by molar-refractivity contribution is 8.13. The van der Waals surface area contributed by atoms with Crippen LogP contribution in [0.15, 0.2) is 35.2 Å². The van der Waals surface area contributed by atoms with Gasteiger partial charge in [-0.05, 0) is 16.8 Å². The number of halogens is 1. The number of esters is 2. The number of carbonyl (C=O) groups excluding carboxylic acids is 2. The van der Waals surface area contributed by atoms with Gasteiger partial charge in [0.1, 0.15) is 0 Å². The molecule has 1 heterocycles. The van der Waals surface area contributed by atoms with Crippen LogP contribution in [0.3, 0.4) is 0 Å². The maximum absolute atomic E-state index is 11.7. The highest BCUT2D eigenvalue weighted by atomic mass is 35.7. The summed E-state index contributed by atoms with van der Waals surface area (Å²) in [6, 6.07) is 7.85. The first kappa shape index (κ1) is 12.1. The van der Waals surface area contributed by atoms with Crippen molar-refractivity contribution in [2.24, 2.45) is 0 Å². The van der Waals surface area contributed by atoms with Gasteiger partial charge in [-0.1, -0.05) is 24.3 Å². The minimum absolute atomic E-state index is 0.0534. The Morgan fingerprint density at radius 3 is 2.32 bits per heavy atom. The number of fused-ring (bicyclic) bond motifs is 3. The van der Waals surface area contributed by atoms with Gasteiger partial charge in [0.15, 0.2) is 0 Å². The Balaban J connectivity index is 2.58. The zero-order chi connectivity index (χ0) is 13.8. The molecule has 0 aliphatic carbocycles. The molecule has 7 heteroatoms. The number of ether oxygens (including phenoxy) is 1. The average Bonchev–Trinajstić information content (AvgIpc) is 2.63. The van der Waals surface area contributed by atoms with E-state index in [2.05, 4.69) is 4.74 Å². The summed E-state index contributed by atoms with van der Waals surface area (Å²) in [4.78, 5) is 22.9. The lowest BCUT2D eigenvalue weighted by atomic mass is 10.0. The topological polar surface area (TPSA) is 77.5 Å². The summed E-state index contributed by atoms with van der Waals surface area (Å²) < 4.78 is 27.5. The van der Waals surface area contributed by atoms with Crippen LogP contribution < -0.4 is 0 Å². The van der Waals surface area contributed by atoms with Gasteiger partial charge in [0.05, 0.1) is 16.0 Å². The van der Waals surface area contributed by atoms with Gasteiger partial charge in [-0.15, -0.1) is 0 Å². The molecule has 0 spiro atoms. The van der Waals surface area contributed by atoms with Gasteiger partial charge in [0.25, 0.3) is 9.05 Å². The molecule has 0 saturated carbocycles. The maximum atomic E-state index is 11.7. The second kappa shape index (κ2) is 3.79. The zero-order valence-electron chi connectivity index (χ0n) is 9.21. The number of cyclic esters (lactones) is 2. The molecule has 3 rings (SSSR count). The molecule has 5 nitrogen and oxygen atoms in total. The van der Waals surface area contributed by atoms with Crippen LogP contribution in [-0.2, 0) is 13.8 Å². The fourth-order valence-electron chi connectivity index (χ4n) is 2.12. The molecule has 0 saturated heterocycles. The smallest absolute Gasteiger partial charge is 0.348 e. The van der Waals surface area contributed by atoms with E-state index in [1.54, 1.807) is 24.3 Å². The van der Waals surface area contributed by atoms with Gasteiger partial charge in [0.2, 0.25) is 0 Å². The number of hydrogen-bond acceptors (Lipinski definition) is 5. The predicted molar refractivity (Wildman–Crippen MR) is 66.7 cm³/mol. The Hall–Kier alpha value is -1.92. The third kappa shape index (κ3) is 1.72. The van der Waals surface area contributed by atoms with E-state index in [4.69, 9.17) is 10.7 Å². The summed E-state index contributed by atoms with van der Waals surface area (Å²) in [5.74, 6) is -1.86. The van der Waals surface area contributed by atoms with Gasteiger partial charge in [0, 0.05) is 10.7 Å². The summed E-state index contributed by atoms with van der Waals surface area (Å²) in [6.45, 7) is 0. The summed E-state index contributed by atoms with van der Waals surface area (Å²) in [6.07, 6.45) is 0. The summed E-state index contributed by atoms with van der Waals surface area (Å²) in [5.41, 5.74) is -0.346. The van der Waals surface area contributed by atoms with E-state index in [0.29, 0.717) is 10.8 Å². The van der Waals surface area contributed by atoms with Crippen LogP contribution in [0.1, 0.15) is 20.7 Å². The molecule has 1 aliphatic rings. The van der Waals surface area contributed by atoms with Crippen LogP contribution in [0.25, 0.3) is 10.8 Å². The molecular formula is C12H5ClO5S. The van der Waals surface area contributed by atoms with E-state index in [1.165, 1.54) is 6.07 Å². The third-order valence-corrected chi connectivity index (χ3v) is 4.22. The Kier molecular flexibility index (Phi) is 2.42. The SMILES string of the molecule is O=C1OC(=O)c2c1c(S(=O)(=O)Cl)cc1ccccc21. The Morgan fingerprint density at radius 2 is 1.63 bits per heavy atom. The van der Waals surface area contributed by atoms with Crippen LogP contribution >= 0.6 is 10.7 Å². The monoisotopic (exact) mass is 296 g/mol. The average molecular weight is 297 g/mol. The van der Waals surface area contributed by atoms with E-state index < -0.39 is 25.9 Å². The third-order valence-electron chi connectivity index (χ3n) is 2.87. The van der Waals surface area contributed by atoms with E-state index in [-0.39, 0.29) is 11.1 Å². The highest BCUT2D eigenvalue weighted by Gasteiger charge is 2.37. The molecule has 0 radical (unpaired) electrons. The molecule has 2 aromatic carbocycles. The molecule has 19 heavy (non-hydrogen) atoms. The normalized spacial score (nSPS) is 14.6. The fourth-order valence-corrected chi connectivity index (χ4v) is 3.18. The molecule has 0 aromatic heterocycles. The van der Waals surface area contributed by atoms with Crippen molar-refractivity contribution in [3.8, 4) is 0 Å². The standard InChI is InChI=1S/C12H5ClO5S/c13-19(16,17)8-5-6-3-1-2-4-7(6)9-10(8)12(15)18-11(9)14/h1-5H. The van der Waals surface area contributed by atoms with Crippen molar-refractivity contribution in [3.05, 3.63) is 41.5 Å². The lowest BCUT2D eigenvalue weighted by Gasteiger charge is -2.05. The van der Waals surface area contributed by atoms with Crippen LogP contribution in [0, 0.1) is 0 Å². The van der Waals surface area contributed by atoms with Crippen LogP contribution in [0.4, 0.5) is 0 Å². The van der Waals surface area contributed by atoms with Crippen LogP contribution in [0.2, 0.25) is 0 Å². The minimum Gasteiger partial charge on any atom is -0.386 e. The first-order valence-corrected chi connectivity index (χ1v) is 7.47. The zero-order valence-corrected chi connectivity index (χ0v) is 10.8. The van der Waals surface area contributed by atoms with Crippen LogP contribution in [0.5, 0.6) is 0 Å². The van der Waals surface area contributed by atoms with E-state index in [9.17, 15) is 18.0 Å². The van der Waals surface area contributed by atoms with Crippen molar-refractivity contribution in [1.29, 1.82) is 0 Å². The molecule has 0 fully saturated rings. The lowest BCUT2D eigenvalue weighted by molar-refractivity contribution is 0.0443.